The number of carbonyl (C=O) groups is 1. The molecular formula is C9H14N2O3S. The van der Waals surface area contributed by atoms with Crippen LogP contribution in [0.4, 0.5) is 0 Å². The van der Waals surface area contributed by atoms with Gasteiger partial charge in [-0.05, 0) is 19.3 Å². The minimum absolute atomic E-state index is 0.107. The van der Waals surface area contributed by atoms with Gasteiger partial charge in [-0.25, -0.2) is 13.6 Å². The molecule has 2 rings (SSSR count). The summed E-state index contributed by atoms with van der Waals surface area (Å²) in [5, 5.41) is 5.06. The highest BCUT2D eigenvalue weighted by Gasteiger charge is 2.69. The maximum absolute atomic E-state index is 12.0. The van der Waals surface area contributed by atoms with Gasteiger partial charge in [0.25, 0.3) is 0 Å². The first-order chi connectivity index (χ1) is 6.78. The van der Waals surface area contributed by atoms with E-state index < -0.39 is 26.1 Å². The molecule has 6 heteroatoms. The van der Waals surface area contributed by atoms with Gasteiger partial charge >= 0.3 is 0 Å². The summed E-state index contributed by atoms with van der Waals surface area (Å²) in [7, 11) is -3.83. The van der Waals surface area contributed by atoms with Crippen molar-refractivity contribution in [1.29, 1.82) is 0 Å². The molecule has 5 nitrogen and oxygen atoms in total. The number of carbonyl (C=O) groups excluding carboxylic acids is 1. The Hall–Kier alpha value is -0.720. The Labute approximate surface area is 88.6 Å². The summed E-state index contributed by atoms with van der Waals surface area (Å²) < 4.78 is 21.2. The molecule has 0 aliphatic heterocycles. The molecule has 2 atom stereocenters. The Balaban J connectivity index is 2.28. The molecule has 0 bridgehead atoms. The fourth-order valence-electron chi connectivity index (χ4n) is 2.04. The smallest absolute Gasteiger partial charge is 0.222 e. The fraction of sp³-hybridized carbons (Fsp3) is 0.667. The second-order valence-electron chi connectivity index (χ2n) is 4.46. The molecule has 84 valence electrons. The SMILES string of the molecule is C=C[C@@H]1C[C@]1(N)C(=O)C1(S(N)(=O)=O)CC1. The van der Waals surface area contributed by atoms with Crippen molar-refractivity contribution < 1.29 is 13.2 Å². The van der Waals surface area contributed by atoms with E-state index in [4.69, 9.17) is 10.9 Å². The lowest BCUT2D eigenvalue weighted by Gasteiger charge is -2.16. The molecule has 0 radical (unpaired) electrons. The van der Waals surface area contributed by atoms with E-state index in [0.29, 0.717) is 19.3 Å². The van der Waals surface area contributed by atoms with Crippen molar-refractivity contribution in [3.8, 4) is 0 Å². The molecular weight excluding hydrogens is 216 g/mol. The molecule has 0 heterocycles. The molecule has 0 amide bonds. The van der Waals surface area contributed by atoms with Crippen LogP contribution in [0.1, 0.15) is 19.3 Å². The molecule has 0 saturated heterocycles. The third kappa shape index (κ3) is 1.28. The third-order valence-corrected chi connectivity index (χ3v) is 5.11. The summed E-state index contributed by atoms with van der Waals surface area (Å²) >= 11 is 0. The van der Waals surface area contributed by atoms with Crippen molar-refractivity contribution in [2.75, 3.05) is 0 Å². The van der Waals surface area contributed by atoms with E-state index in [-0.39, 0.29) is 5.92 Å². The third-order valence-electron chi connectivity index (χ3n) is 3.43. The van der Waals surface area contributed by atoms with Crippen molar-refractivity contribution in [2.45, 2.75) is 29.5 Å². The predicted octanol–water partition coefficient (Wildman–Crippen LogP) is -0.720. The number of ketones is 1. The lowest BCUT2D eigenvalue weighted by Crippen LogP contribution is -2.49. The van der Waals surface area contributed by atoms with Crippen molar-refractivity contribution >= 4 is 15.8 Å². The van der Waals surface area contributed by atoms with Crippen LogP contribution >= 0.6 is 0 Å². The van der Waals surface area contributed by atoms with E-state index in [1.54, 1.807) is 6.08 Å². The number of rotatable bonds is 4. The van der Waals surface area contributed by atoms with E-state index in [0.717, 1.165) is 0 Å². The van der Waals surface area contributed by atoms with E-state index in [9.17, 15) is 13.2 Å². The quantitative estimate of drug-likeness (QED) is 0.622. The zero-order chi connectivity index (χ0) is 11.5. The number of primary sulfonamides is 1. The maximum atomic E-state index is 12.0. The average Bonchev–Trinajstić information content (AvgIpc) is 2.95. The second kappa shape index (κ2) is 2.69. The van der Waals surface area contributed by atoms with Gasteiger partial charge in [-0.3, -0.25) is 4.79 Å². The van der Waals surface area contributed by atoms with Crippen LogP contribution in [0.25, 0.3) is 0 Å². The van der Waals surface area contributed by atoms with Crippen molar-refractivity contribution in [3.05, 3.63) is 12.7 Å². The van der Waals surface area contributed by atoms with E-state index in [2.05, 4.69) is 6.58 Å². The summed E-state index contributed by atoms with van der Waals surface area (Å²) in [4.78, 5) is 12.0. The highest BCUT2D eigenvalue weighted by atomic mass is 32.2. The summed E-state index contributed by atoms with van der Waals surface area (Å²) in [5.74, 6) is -0.536. The van der Waals surface area contributed by atoms with Crippen LogP contribution in [0.15, 0.2) is 12.7 Å². The van der Waals surface area contributed by atoms with Crippen LogP contribution in [0, 0.1) is 5.92 Å². The molecule has 4 N–H and O–H groups in total. The van der Waals surface area contributed by atoms with Crippen LogP contribution in [0.5, 0.6) is 0 Å². The van der Waals surface area contributed by atoms with Crippen LogP contribution < -0.4 is 10.9 Å². The van der Waals surface area contributed by atoms with Crippen LogP contribution in [0.3, 0.4) is 0 Å². The zero-order valence-corrected chi connectivity index (χ0v) is 9.09. The van der Waals surface area contributed by atoms with Crippen LogP contribution in [-0.4, -0.2) is 24.5 Å². The Morgan fingerprint density at radius 3 is 2.27 bits per heavy atom. The molecule has 2 fully saturated rings. The van der Waals surface area contributed by atoms with Gasteiger partial charge in [0.2, 0.25) is 10.0 Å². The standard InChI is InChI=1S/C9H14N2O3S/c1-2-6-5-9(6,10)7(12)8(3-4-8)15(11,13)14/h2,6H,1,3-5,10H2,(H2,11,13,14)/t6-,9-/m1/s1. The first kappa shape index (κ1) is 10.8. The van der Waals surface area contributed by atoms with Gasteiger partial charge in [0.1, 0.15) is 4.75 Å². The normalized spacial score (nSPS) is 37.1. The molecule has 2 saturated carbocycles. The molecule has 0 aromatic heterocycles. The molecule has 0 unspecified atom stereocenters. The van der Waals surface area contributed by atoms with E-state index in [1.165, 1.54) is 0 Å². The lowest BCUT2D eigenvalue weighted by atomic mass is 10.0. The minimum atomic E-state index is -3.83. The topological polar surface area (TPSA) is 103 Å². The molecule has 15 heavy (non-hydrogen) atoms. The molecule has 2 aliphatic carbocycles. The maximum Gasteiger partial charge on any atom is 0.222 e. The van der Waals surface area contributed by atoms with Gasteiger partial charge in [0, 0.05) is 5.92 Å². The fourth-order valence-corrected chi connectivity index (χ4v) is 3.16. The lowest BCUT2D eigenvalue weighted by molar-refractivity contribution is -0.121. The van der Waals surface area contributed by atoms with Gasteiger partial charge in [0.05, 0.1) is 5.54 Å². The molecule has 0 aromatic carbocycles. The van der Waals surface area contributed by atoms with Crippen LogP contribution in [-0.2, 0) is 14.8 Å². The van der Waals surface area contributed by atoms with Crippen LogP contribution in [0.2, 0.25) is 0 Å². The number of sulfonamides is 1. The van der Waals surface area contributed by atoms with E-state index >= 15 is 0 Å². The number of hydrogen-bond acceptors (Lipinski definition) is 4. The molecule has 0 aromatic rings. The summed E-state index contributed by atoms with van der Waals surface area (Å²) in [5.41, 5.74) is 4.79. The Bertz CT molecular complexity index is 438. The zero-order valence-electron chi connectivity index (χ0n) is 8.27. The van der Waals surface area contributed by atoms with Gasteiger partial charge in [0.15, 0.2) is 5.78 Å². The van der Waals surface area contributed by atoms with Crippen molar-refractivity contribution in [2.24, 2.45) is 16.8 Å². The van der Waals surface area contributed by atoms with Gasteiger partial charge in [-0.1, -0.05) is 6.08 Å². The van der Waals surface area contributed by atoms with Crippen molar-refractivity contribution in [1.82, 2.24) is 0 Å². The highest BCUT2D eigenvalue weighted by molar-refractivity contribution is 7.91. The number of hydrogen-bond donors (Lipinski definition) is 2. The monoisotopic (exact) mass is 230 g/mol. The van der Waals surface area contributed by atoms with Crippen molar-refractivity contribution in [3.63, 3.8) is 0 Å². The highest BCUT2D eigenvalue weighted by Crippen LogP contribution is 2.53. The minimum Gasteiger partial charge on any atom is -0.318 e. The summed E-state index contributed by atoms with van der Waals surface area (Å²) in [6.45, 7) is 3.55. The first-order valence-corrected chi connectivity index (χ1v) is 6.31. The Morgan fingerprint density at radius 2 is 2.00 bits per heavy atom. The first-order valence-electron chi connectivity index (χ1n) is 4.77. The summed E-state index contributed by atoms with van der Waals surface area (Å²) in [6.07, 6.45) is 2.67. The molecule has 2 aliphatic rings. The van der Waals surface area contributed by atoms with Gasteiger partial charge in [-0.2, -0.15) is 0 Å². The largest absolute Gasteiger partial charge is 0.318 e. The second-order valence-corrected chi connectivity index (χ2v) is 6.33. The average molecular weight is 230 g/mol. The molecule has 0 spiro atoms. The van der Waals surface area contributed by atoms with Gasteiger partial charge in [-0.15, -0.1) is 6.58 Å². The van der Waals surface area contributed by atoms with Gasteiger partial charge < -0.3 is 5.73 Å². The predicted molar refractivity (Wildman–Crippen MR) is 55.3 cm³/mol. The summed E-state index contributed by atoms with van der Waals surface area (Å²) in [6, 6.07) is 0. The van der Waals surface area contributed by atoms with E-state index in [1.807, 2.05) is 0 Å². The number of nitrogens with two attached hydrogens (primary N) is 2. The number of Topliss-reactive ketones (excluding diaryl/α,β-unsaturated/α-hetero) is 1. The Kier molecular flexibility index (Phi) is 1.94. The Morgan fingerprint density at radius 1 is 1.47 bits per heavy atom.